The van der Waals surface area contributed by atoms with Crippen molar-refractivity contribution in [2.24, 2.45) is 0 Å². The maximum Gasteiger partial charge on any atom is 0.339 e. The van der Waals surface area contributed by atoms with Gasteiger partial charge < -0.3 is 10.1 Å². The van der Waals surface area contributed by atoms with Crippen LogP contribution in [0.2, 0.25) is 5.02 Å². The monoisotopic (exact) mass is 379 g/mol. The van der Waals surface area contributed by atoms with E-state index in [2.05, 4.69) is 5.32 Å². The van der Waals surface area contributed by atoms with Gasteiger partial charge in [0.05, 0.1) is 27.3 Å². The van der Waals surface area contributed by atoms with Crippen molar-refractivity contribution in [1.82, 2.24) is 5.32 Å². The summed E-state index contributed by atoms with van der Waals surface area (Å²) in [5.41, 5.74) is 1.08. The zero-order valence-electron chi connectivity index (χ0n) is 13.8. The van der Waals surface area contributed by atoms with Gasteiger partial charge in [-0.15, -0.1) is 0 Å². The number of carbonyl (C=O) groups is 2. The van der Waals surface area contributed by atoms with Crippen molar-refractivity contribution in [3.8, 4) is 0 Å². The van der Waals surface area contributed by atoms with Crippen molar-refractivity contribution in [1.29, 1.82) is 0 Å². The molecule has 5 nitrogen and oxygen atoms in total. The standard InChI is InChI=1S/C18H18ClNO4S/c1-12(13-7-9-14(19)10-8-13)20-17(21)11-24-18(22)15-5-3-4-6-16(15)25(2)23/h3-10,12H,11H2,1-2H3,(H,20,21)/t12-,25+/m1/s1. The minimum atomic E-state index is -1.32. The zero-order valence-corrected chi connectivity index (χ0v) is 15.4. The number of hydrogen-bond donors (Lipinski definition) is 1. The molecule has 0 saturated heterocycles. The molecule has 1 amide bonds. The Morgan fingerprint density at radius 3 is 2.44 bits per heavy atom. The van der Waals surface area contributed by atoms with Crippen LogP contribution in [-0.4, -0.2) is 28.9 Å². The van der Waals surface area contributed by atoms with E-state index in [-0.39, 0.29) is 11.6 Å². The third kappa shape index (κ3) is 5.41. The highest BCUT2D eigenvalue weighted by Crippen LogP contribution is 2.16. The second kappa shape index (κ2) is 8.78. The van der Waals surface area contributed by atoms with Crippen molar-refractivity contribution < 1.29 is 18.5 Å². The molecule has 0 aromatic heterocycles. The SMILES string of the molecule is C[C@@H](NC(=O)COC(=O)c1ccccc1[S@](C)=O)c1ccc(Cl)cc1. The van der Waals surface area contributed by atoms with Crippen LogP contribution >= 0.6 is 11.6 Å². The molecular weight excluding hydrogens is 362 g/mol. The predicted molar refractivity (Wildman–Crippen MR) is 97.1 cm³/mol. The molecule has 7 heteroatoms. The van der Waals surface area contributed by atoms with Crippen LogP contribution in [0.3, 0.4) is 0 Å². The van der Waals surface area contributed by atoms with Gasteiger partial charge in [-0.25, -0.2) is 4.79 Å². The van der Waals surface area contributed by atoms with Crippen LogP contribution in [0.5, 0.6) is 0 Å². The van der Waals surface area contributed by atoms with Gasteiger partial charge in [-0.3, -0.25) is 9.00 Å². The second-order valence-corrected chi connectivity index (χ2v) is 7.15. The maximum atomic E-state index is 12.1. The summed E-state index contributed by atoms with van der Waals surface area (Å²) in [5.74, 6) is -1.11. The van der Waals surface area contributed by atoms with Crippen LogP contribution in [0, 0.1) is 0 Å². The van der Waals surface area contributed by atoms with Gasteiger partial charge in [-0.05, 0) is 36.8 Å². The van der Waals surface area contributed by atoms with Crippen molar-refractivity contribution in [3.63, 3.8) is 0 Å². The first kappa shape index (κ1) is 19.1. The Labute approximate surface area is 153 Å². The quantitative estimate of drug-likeness (QED) is 0.783. The van der Waals surface area contributed by atoms with Crippen molar-refractivity contribution in [2.75, 3.05) is 12.9 Å². The highest BCUT2D eigenvalue weighted by atomic mass is 35.5. The number of rotatable bonds is 6. The predicted octanol–water partition coefficient (Wildman–Crippen LogP) is 3.11. The molecular formula is C18H18ClNO4S. The number of amides is 1. The summed E-state index contributed by atoms with van der Waals surface area (Å²) in [5, 5.41) is 3.35. The molecule has 132 valence electrons. The van der Waals surface area contributed by atoms with Crippen molar-refractivity contribution in [3.05, 3.63) is 64.7 Å². The molecule has 25 heavy (non-hydrogen) atoms. The molecule has 0 unspecified atom stereocenters. The highest BCUT2D eigenvalue weighted by molar-refractivity contribution is 7.84. The van der Waals surface area contributed by atoms with Gasteiger partial charge >= 0.3 is 5.97 Å². The Kier molecular flexibility index (Phi) is 6.73. The Bertz CT molecular complexity index is 792. The Morgan fingerprint density at radius 1 is 1.16 bits per heavy atom. The van der Waals surface area contributed by atoms with Gasteiger partial charge in [0.25, 0.3) is 5.91 Å². The van der Waals surface area contributed by atoms with Crippen molar-refractivity contribution >= 4 is 34.3 Å². The normalized spacial score (nSPS) is 12.9. The van der Waals surface area contributed by atoms with E-state index >= 15 is 0 Å². The van der Waals surface area contributed by atoms with Crippen LogP contribution in [0.15, 0.2) is 53.4 Å². The third-order valence-corrected chi connectivity index (χ3v) is 4.73. The molecule has 2 atom stereocenters. The van der Waals surface area contributed by atoms with Crippen LogP contribution in [0.25, 0.3) is 0 Å². The topological polar surface area (TPSA) is 72.5 Å². The van der Waals surface area contributed by atoms with E-state index in [0.717, 1.165) is 5.56 Å². The Hall–Kier alpha value is -2.18. The fourth-order valence-electron chi connectivity index (χ4n) is 2.21. The van der Waals surface area contributed by atoms with Gasteiger partial charge in [-0.1, -0.05) is 35.9 Å². The lowest BCUT2D eigenvalue weighted by atomic mass is 10.1. The highest BCUT2D eigenvalue weighted by Gasteiger charge is 2.17. The first-order valence-corrected chi connectivity index (χ1v) is 9.46. The molecule has 2 rings (SSSR count). The molecule has 0 bridgehead atoms. The summed E-state index contributed by atoms with van der Waals surface area (Å²) in [6.07, 6.45) is 1.48. The van der Waals surface area contributed by atoms with Crippen LogP contribution in [-0.2, 0) is 20.3 Å². The smallest absolute Gasteiger partial charge is 0.339 e. The second-order valence-electron chi connectivity index (χ2n) is 5.37. The van der Waals surface area contributed by atoms with E-state index in [9.17, 15) is 13.8 Å². The van der Waals surface area contributed by atoms with E-state index in [1.54, 1.807) is 30.3 Å². The minimum Gasteiger partial charge on any atom is -0.452 e. The Morgan fingerprint density at radius 2 is 1.80 bits per heavy atom. The molecule has 0 aliphatic heterocycles. The van der Waals surface area contributed by atoms with E-state index in [1.807, 2.05) is 19.1 Å². The summed E-state index contributed by atoms with van der Waals surface area (Å²) in [7, 11) is -1.32. The zero-order chi connectivity index (χ0) is 18.4. The fraction of sp³-hybridized carbons (Fsp3) is 0.222. The van der Waals surface area contributed by atoms with Gasteiger partial charge in [-0.2, -0.15) is 0 Å². The molecule has 2 aromatic rings. The average molecular weight is 380 g/mol. The molecule has 0 aliphatic rings. The minimum absolute atomic E-state index is 0.196. The number of ether oxygens (including phenoxy) is 1. The first-order chi connectivity index (χ1) is 11.9. The van der Waals surface area contributed by atoms with Crippen molar-refractivity contribution in [2.45, 2.75) is 17.9 Å². The van der Waals surface area contributed by atoms with Crippen LogP contribution < -0.4 is 5.32 Å². The maximum absolute atomic E-state index is 12.1. The van der Waals surface area contributed by atoms with Gasteiger partial charge in [0, 0.05) is 11.3 Å². The largest absolute Gasteiger partial charge is 0.452 e. The molecule has 0 fully saturated rings. The summed E-state index contributed by atoms with van der Waals surface area (Å²) in [6.45, 7) is 1.40. The number of halogens is 1. The number of esters is 1. The molecule has 0 radical (unpaired) electrons. The van der Waals surface area contributed by atoms with E-state index in [0.29, 0.717) is 9.92 Å². The number of hydrogen-bond acceptors (Lipinski definition) is 4. The summed E-state index contributed by atoms with van der Waals surface area (Å²) in [4.78, 5) is 24.5. The van der Waals surface area contributed by atoms with Gasteiger partial charge in [0.1, 0.15) is 0 Å². The average Bonchev–Trinajstić information content (AvgIpc) is 2.60. The summed E-state index contributed by atoms with van der Waals surface area (Å²) in [6, 6.07) is 13.3. The van der Waals surface area contributed by atoms with Crippen LogP contribution in [0.1, 0.15) is 28.9 Å². The lowest BCUT2D eigenvalue weighted by Gasteiger charge is -2.14. The lowest BCUT2D eigenvalue weighted by molar-refractivity contribution is -0.124. The molecule has 2 aromatic carbocycles. The lowest BCUT2D eigenvalue weighted by Crippen LogP contribution is -2.31. The van der Waals surface area contributed by atoms with Crippen LogP contribution in [0.4, 0.5) is 0 Å². The van der Waals surface area contributed by atoms with E-state index in [1.165, 1.54) is 12.3 Å². The third-order valence-electron chi connectivity index (χ3n) is 3.50. The number of benzene rings is 2. The molecule has 0 heterocycles. The summed E-state index contributed by atoms with van der Waals surface area (Å²) < 4.78 is 16.7. The fourth-order valence-corrected chi connectivity index (χ4v) is 3.07. The van der Waals surface area contributed by atoms with Gasteiger partial charge in [0.15, 0.2) is 6.61 Å². The molecule has 0 spiro atoms. The van der Waals surface area contributed by atoms with Gasteiger partial charge in [0.2, 0.25) is 0 Å². The summed E-state index contributed by atoms with van der Waals surface area (Å²) >= 11 is 5.83. The first-order valence-electron chi connectivity index (χ1n) is 7.53. The van der Waals surface area contributed by atoms with E-state index in [4.69, 9.17) is 16.3 Å². The number of carbonyl (C=O) groups excluding carboxylic acids is 2. The molecule has 1 N–H and O–H groups in total. The van der Waals surface area contributed by atoms with E-state index < -0.39 is 29.3 Å². The molecule has 0 aliphatic carbocycles. The Balaban J connectivity index is 1.92. The number of nitrogens with one attached hydrogen (secondary N) is 1. The molecule has 0 saturated carbocycles.